The number of rotatable bonds is 4. The van der Waals surface area contributed by atoms with Crippen LogP contribution in [0.25, 0.3) is 22.2 Å². The Kier molecular flexibility index (Phi) is 3.57. The van der Waals surface area contributed by atoms with Gasteiger partial charge in [0.1, 0.15) is 16.9 Å². The van der Waals surface area contributed by atoms with Gasteiger partial charge in [0, 0.05) is 19.5 Å². The van der Waals surface area contributed by atoms with Crippen molar-refractivity contribution < 1.29 is 18.0 Å². The number of halogens is 1. The van der Waals surface area contributed by atoms with Gasteiger partial charge in [0.25, 0.3) is 0 Å². The van der Waals surface area contributed by atoms with Crippen molar-refractivity contribution in [3.05, 3.63) is 47.8 Å². The van der Waals surface area contributed by atoms with Gasteiger partial charge >= 0.3 is 12.0 Å². The number of fused-ring (bicyclic) bond motifs is 2. The maximum Gasteiger partial charge on any atom is 0.303 e. The van der Waals surface area contributed by atoms with Crippen molar-refractivity contribution in [1.82, 2.24) is 15.3 Å². The molecule has 0 bridgehead atoms. The summed E-state index contributed by atoms with van der Waals surface area (Å²) in [5, 5.41) is 5.55. The lowest BCUT2D eigenvalue weighted by Crippen LogP contribution is -2.18. The third kappa shape index (κ3) is 3.14. The van der Waals surface area contributed by atoms with Gasteiger partial charge < -0.3 is 14.2 Å². The lowest BCUT2D eigenvalue weighted by Gasteiger charge is -2.00. The Hall–Kier alpha value is -3.42. The maximum atomic E-state index is 13.2. The molecule has 0 fully saturated rings. The molecule has 0 unspecified atom stereocenters. The van der Waals surface area contributed by atoms with Crippen LogP contribution in [0.2, 0.25) is 0 Å². The highest BCUT2D eigenvalue weighted by atomic mass is 19.1. The molecule has 4 rings (SSSR count). The average molecular weight is 340 g/mol. The number of carbonyl (C=O) groups excluding carboxylic acids is 1. The summed E-state index contributed by atoms with van der Waals surface area (Å²) in [5.41, 5.74) is 2.97. The standard InChI is InChI=1S/C17H13FN4O3/c1-9(23)19-8-10-2-4-14-12(6-10)20-16(24-14)22-17-21-13-7-11(18)3-5-15(13)25-17/h2-7H,8H2,1H3,(H,19,23)(H,20,21,22). The Labute approximate surface area is 140 Å². The van der Waals surface area contributed by atoms with E-state index < -0.39 is 0 Å². The maximum absolute atomic E-state index is 13.2. The molecular formula is C17H13FN4O3. The van der Waals surface area contributed by atoms with Crippen molar-refractivity contribution in [1.29, 1.82) is 0 Å². The second kappa shape index (κ2) is 5.90. The second-order valence-corrected chi connectivity index (χ2v) is 5.49. The van der Waals surface area contributed by atoms with Crippen LogP contribution in [0.15, 0.2) is 45.2 Å². The molecule has 1 amide bonds. The lowest BCUT2D eigenvalue weighted by molar-refractivity contribution is -0.119. The van der Waals surface area contributed by atoms with Crippen LogP contribution in [0, 0.1) is 5.82 Å². The number of nitrogens with one attached hydrogen (secondary N) is 2. The Balaban J connectivity index is 1.58. The summed E-state index contributed by atoms with van der Waals surface area (Å²) in [6.07, 6.45) is 0. The summed E-state index contributed by atoms with van der Waals surface area (Å²) in [5.74, 6) is -0.490. The highest BCUT2D eigenvalue weighted by Gasteiger charge is 2.11. The van der Waals surface area contributed by atoms with Crippen LogP contribution in [0.5, 0.6) is 0 Å². The van der Waals surface area contributed by atoms with E-state index in [0.717, 1.165) is 5.56 Å². The van der Waals surface area contributed by atoms with Gasteiger partial charge in [0.15, 0.2) is 11.2 Å². The number of benzene rings is 2. The van der Waals surface area contributed by atoms with Crippen LogP contribution in [0.4, 0.5) is 16.4 Å². The van der Waals surface area contributed by atoms with Crippen LogP contribution in [-0.2, 0) is 11.3 Å². The van der Waals surface area contributed by atoms with Crippen LogP contribution in [-0.4, -0.2) is 15.9 Å². The zero-order valence-electron chi connectivity index (χ0n) is 13.2. The summed E-state index contributed by atoms with van der Waals surface area (Å²) >= 11 is 0. The summed E-state index contributed by atoms with van der Waals surface area (Å²) in [4.78, 5) is 19.4. The van der Waals surface area contributed by atoms with Crippen LogP contribution in [0.3, 0.4) is 0 Å². The van der Waals surface area contributed by atoms with Crippen LogP contribution in [0.1, 0.15) is 12.5 Å². The molecule has 0 saturated heterocycles. The van der Waals surface area contributed by atoms with Crippen molar-refractivity contribution >= 4 is 40.1 Å². The van der Waals surface area contributed by atoms with E-state index in [4.69, 9.17) is 8.83 Å². The molecule has 0 aliphatic carbocycles. The number of carbonyl (C=O) groups is 1. The first-order chi connectivity index (χ1) is 12.1. The van der Waals surface area contributed by atoms with Crippen LogP contribution >= 0.6 is 0 Å². The topological polar surface area (TPSA) is 93.2 Å². The molecule has 0 radical (unpaired) electrons. The number of amides is 1. The van der Waals surface area contributed by atoms with Crippen molar-refractivity contribution in [3.63, 3.8) is 0 Å². The molecule has 2 aromatic heterocycles. The van der Waals surface area contributed by atoms with Gasteiger partial charge in [-0.25, -0.2) is 4.39 Å². The van der Waals surface area contributed by atoms with E-state index in [9.17, 15) is 9.18 Å². The predicted octanol–water partition coefficient (Wildman–Crippen LogP) is 3.49. The number of anilines is 2. The summed E-state index contributed by atoms with van der Waals surface area (Å²) in [7, 11) is 0. The zero-order chi connectivity index (χ0) is 17.4. The van der Waals surface area contributed by atoms with E-state index in [-0.39, 0.29) is 23.8 Å². The first-order valence-electron chi connectivity index (χ1n) is 7.54. The molecule has 7 nitrogen and oxygen atoms in total. The summed E-state index contributed by atoms with van der Waals surface area (Å²) in [6, 6.07) is 9.88. The van der Waals surface area contributed by atoms with E-state index >= 15 is 0 Å². The largest absolute Gasteiger partial charge is 0.423 e. The Morgan fingerprint density at radius 3 is 2.36 bits per heavy atom. The van der Waals surface area contributed by atoms with Gasteiger partial charge in [-0.2, -0.15) is 9.97 Å². The minimum absolute atomic E-state index is 0.102. The van der Waals surface area contributed by atoms with Crippen molar-refractivity contribution in [2.75, 3.05) is 5.32 Å². The first kappa shape index (κ1) is 15.1. The van der Waals surface area contributed by atoms with Gasteiger partial charge in [-0.1, -0.05) is 6.07 Å². The molecule has 25 heavy (non-hydrogen) atoms. The minimum atomic E-state index is -0.388. The number of oxazole rings is 2. The molecule has 126 valence electrons. The molecule has 0 spiro atoms. The van der Waals surface area contributed by atoms with Crippen molar-refractivity contribution in [2.45, 2.75) is 13.5 Å². The monoisotopic (exact) mass is 340 g/mol. The molecular weight excluding hydrogens is 327 g/mol. The fourth-order valence-electron chi connectivity index (χ4n) is 2.41. The van der Waals surface area contributed by atoms with Gasteiger partial charge in [0.2, 0.25) is 5.91 Å². The summed E-state index contributed by atoms with van der Waals surface area (Å²) in [6.45, 7) is 1.88. The van der Waals surface area contributed by atoms with Gasteiger partial charge in [0.05, 0.1) is 0 Å². The normalized spacial score (nSPS) is 11.1. The number of hydrogen-bond donors (Lipinski definition) is 2. The lowest BCUT2D eigenvalue weighted by atomic mass is 10.2. The predicted molar refractivity (Wildman–Crippen MR) is 88.8 cm³/mol. The molecule has 0 atom stereocenters. The molecule has 0 aliphatic heterocycles. The highest BCUT2D eigenvalue weighted by Crippen LogP contribution is 2.25. The molecule has 0 aliphatic rings. The minimum Gasteiger partial charge on any atom is -0.423 e. The number of hydrogen-bond acceptors (Lipinski definition) is 6. The van der Waals surface area contributed by atoms with Crippen molar-refractivity contribution in [2.24, 2.45) is 0 Å². The van der Waals surface area contributed by atoms with Crippen molar-refractivity contribution in [3.8, 4) is 0 Å². The second-order valence-electron chi connectivity index (χ2n) is 5.49. The fraction of sp³-hybridized carbons (Fsp3) is 0.118. The van der Waals surface area contributed by atoms with Gasteiger partial charge in [-0.05, 0) is 29.8 Å². The summed E-state index contributed by atoms with van der Waals surface area (Å²) < 4.78 is 24.3. The molecule has 2 N–H and O–H groups in total. The Morgan fingerprint density at radius 1 is 1.04 bits per heavy atom. The number of nitrogens with zero attached hydrogens (tertiary/aromatic N) is 2. The van der Waals surface area contributed by atoms with Gasteiger partial charge in [-0.15, -0.1) is 0 Å². The molecule has 2 aromatic carbocycles. The number of aromatic nitrogens is 2. The Morgan fingerprint density at radius 2 is 1.68 bits per heavy atom. The van der Waals surface area contributed by atoms with E-state index in [2.05, 4.69) is 20.6 Å². The third-order valence-corrected chi connectivity index (χ3v) is 3.56. The van der Waals surface area contributed by atoms with E-state index in [1.165, 1.54) is 25.1 Å². The molecule has 8 heteroatoms. The van der Waals surface area contributed by atoms with E-state index in [1.807, 2.05) is 12.1 Å². The molecule has 0 saturated carbocycles. The van der Waals surface area contributed by atoms with E-state index in [0.29, 0.717) is 28.7 Å². The average Bonchev–Trinajstić information content (AvgIpc) is 3.14. The third-order valence-electron chi connectivity index (χ3n) is 3.56. The smallest absolute Gasteiger partial charge is 0.303 e. The molecule has 4 aromatic rings. The Bertz CT molecular complexity index is 1090. The fourth-order valence-corrected chi connectivity index (χ4v) is 2.41. The zero-order valence-corrected chi connectivity index (χ0v) is 13.2. The SMILES string of the molecule is CC(=O)NCc1ccc2oc(Nc3nc4cc(F)ccc4o3)nc2c1. The van der Waals surface area contributed by atoms with E-state index in [1.54, 1.807) is 6.07 Å². The molecule has 2 heterocycles. The van der Waals surface area contributed by atoms with Gasteiger partial charge in [-0.3, -0.25) is 10.1 Å². The highest BCUT2D eigenvalue weighted by molar-refractivity contribution is 5.78. The van der Waals surface area contributed by atoms with Crippen LogP contribution < -0.4 is 10.6 Å². The quantitative estimate of drug-likeness (QED) is 0.591. The first-order valence-corrected chi connectivity index (χ1v) is 7.54.